The van der Waals surface area contributed by atoms with E-state index in [0.29, 0.717) is 41.0 Å². The fraction of sp³-hybridized carbons (Fsp3) is 0.350. The Morgan fingerprint density at radius 3 is 2.63 bits per heavy atom. The van der Waals surface area contributed by atoms with Crippen LogP contribution in [0.25, 0.3) is 11.4 Å². The lowest BCUT2D eigenvalue weighted by atomic mass is 10.1. The number of hydrogen-bond donors (Lipinski definition) is 0. The van der Waals surface area contributed by atoms with Crippen molar-refractivity contribution in [2.45, 2.75) is 41.9 Å². The van der Waals surface area contributed by atoms with E-state index < -0.39 is 10.0 Å². The van der Waals surface area contributed by atoms with Crippen molar-refractivity contribution in [3.05, 3.63) is 53.8 Å². The molecule has 7 nitrogen and oxygen atoms in total. The maximum Gasteiger partial charge on any atom is 0.244 e. The molecule has 0 bridgehead atoms. The zero-order valence-corrected chi connectivity index (χ0v) is 18.2. The van der Waals surface area contributed by atoms with Crippen molar-refractivity contribution in [1.82, 2.24) is 19.4 Å². The Balaban J connectivity index is 1.46. The number of thioether (sulfide) groups is 1. The predicted octanol–water partition coefficient (Wildman–Crippen LogP) is 4.22. The highest BCUT2D eigenvalue weighted by Crippen LogP contribution is 2.34. The highest BCUT2D eigenvalue weighted by molar-refractivity contribution is 7.99. The van der Waals surface area contributed by atoms with Crippen LogP contribution in [-0.4, -0.2) is 40.9 Å². The second-order valence-electron chi connectivity index (χ2n) is 7.12. The molecule has 0 radical (unpaired) electrons. The van der Waals surface area contributed by atoms with Crippen molar-refractivity contribution in [1.29, 1.82) is 0 Å². The molecule has 4 rings (SSSR count). The van der Waals surface area contributed by atoms with E-state index in [9.17, 15) is 12.8 Å². The first-order chi connectivity index (χ1) is 14.3. The smallest absolute Gasteiger partial charge is 0.244 e. The van der Waals surface area contributed by atoms with Crippen molar-refractivity contribution in [2.24, 2.45) is 0 Å². The molecule has 1 atom stereocenters. The molecule has 0 amide bonds. The van der Waals surface area contributed by atoms with Crippen molar-refractivity contribution >= 4 is 21.8 Å². The predicted molar refractivity (Wildman–Crippen MR) is 111 cm³/mol. The quantitative estimate of drug-likeness (QED) is 0.522. The van der Waals surface area contributed by atoms with E-state index in [2.05, 4.69) is 15.1 Å². The molecule has 0 N–H and O–H groups in total. The molecule has 0 saturated carbocycles. The van der Waals surface area contributed by atoms with E-state index in [1.54, 1.807) is 31.2 Å². The molecule has 0 aliphatic carbocycles. The number of aromatic nitrogens is 3. The largest absolute Gasteiger partial charge is 0.338 e. The normalized spacial score (nSPS) is 16.1. The van der Waals surface area contributed by atoms with Crippen LogP contribution in [0.15, 0.2) is 51.0 Å². The lowest BCUT2D eigenvalue weighted by molar-refractivity contribution is 0.380. The van der Waals surface area contributed by atoms with Gasteiger partial charge in [0.25, 0.3) is 0 Å². The van der Waals surface area contributed by atoms with Crippen molar-refractivity contribution in [2.75, 3.05) is 13.1 Å². The first-order valence-electron chi connectivity index (χ1n) is 9.57. The Kier molecular flexibility index (Phi) is 5.90. The SMILES string of the molecule is Cc1ccc(-c2noc([C@@H](C)Sc3ccc(S(=O)(=O)N4CCCC4)cn3)n2)cc1F. The van der Waals surface area contributed by atoms with Gasteiger partial charge in [-0.15, -0.1) is 0 Å². The summed E-state index contributed by atoms with van der Waals surface area (Å²) in [6.07, 6.45) is 3.16. The van der Waals surface area contributed by atoms with Crippen LogP contribution in [0.4, 0.5) is 4.39 Å². The van der Waals surface area contributed by atoms with Crippen LogP contribution in [-0.2, 0) is 10.0 Å². The van der Waals surface area contributed by atoms with Gasteiger partial charge >= 0.3 is 0 Å². The van der Waals surface area contributed by atoms with E-state index >= 15 is 0 Å². The topological polar surface area (TPSA) is 89.2 Å². The molecular weight excluding hydrogens is 427 g/mol. The third kappa shape index (κ3) is 4.26. The lowest BCUT2D eigenvalue weighted by Crippen LogP contribution is -2.27. The van der Waals surface area contributed by atoms with Gasteiger partial charge in [0.15, 0.2) is 0 Å². The molecule has 10 heteroatoms. The molecule has 1 fully saturated rings. The standard InChI is InChI=1S/C20H21FN4O3S2/c1-13-5-6-15(11-17(13)21)19-23-20(28-24-19)14(2)29-18-8-7-16(12-22-18)30(26,27)25-9-3-4-10-25/h5-8,11-12,14H,3-4,9-10H2,1-2H3/t14-/m1/s1. The Hall–Kier alpha value is -2.30. The Bertz CT molecular complexity index is 1140. The second kappa shape index (κ2) is 8.44. The fourth-order valence-corrected chi connectivity index (χ4v) is 5.43. The van der Waals surface area contributed by atoms with Crippen LogP contribution < -0.4 is 0 Å². The van der Waals surface area contributed by atoms with Crippen molar-refractivity contribution < 1.29 is 17.3 Å². The summed E-state index contributed by atoms with van der Waals surface area (Å²) >= 11 is 1.37. The number of benzene rings is 1. The van der Waals surface area contributed by atoms with Gasteiger partial charge in [-0.1, -0.05) is 29.1 Å². The highest BCUT2D eigenvalue weighted by Gasteiger charge is 2.27. The maximum atomic E-state index is 13.8. The minimum atomic E-state index is -3.48. The summed E-state index contributed by atoms with van der Waals surface area (Å²) in [4.78, 5) is 8.84. The molecule has 1 aliphatic heterocycles. The van der Waals surface area contributed by atoms with Crippen LogP contribution >= 0.6 is 11.8 Å². The maximum absolute atomic E-state index is 13.8. The number of aryl methyl sites for hydroxylation is 1. The molecule has 158 valence electrons. The zero-order chi connectivity index (χ0) is 21.3. The molecule has 30 heavy (non-hydrogen) atoms. The summed E-state index contributed by atoms with van der Waals surface area (Å²) in [5, 5.41) is 4.37. The first-order valence-corrected chi connectivity index (χ1v) is 11.9. The van der Waals surface area contributed by atoms with Crippen LogP contribution in [0.1, 0.15) is 36.5 Å². The third-order valence-corrected chi connectivity index (χ3v) is 7.85. The van der Waals surface area contributed by atoms with Gasteiger partial charge in [-0.05, 0) is 50.5 Å². The zero-order valence-electron chi connectivity index (χ0n) is 16.6. The number of hydrogen-bond acceptors (Lipinski definition) is 7. The van der Waals surface area contributed by atoms with Crippen LogP contribution in [0.5, 0.6) is 0 Å². The summed E-state index contributed by atoms with van der Waals surface area (Å²) in [5.74, 6) is 0.373. The molecular formula is C20H21FN4O3S2. The van der Waals surface area contributed by atoms with Gasteiger partial charge in [0.1, 0.15) is 10.7 Å². The summed E-state index contributed by atoms with van der Waals surface area (Å²) in [7, 11) is -3.48. The first kappa shape index (κ1) is 21.0. The molecule has 0 spiro atoms. The number of halogens is 1. The van der Waals surface area contributed by atoms with Crippen molar-refractivity contribution in [3.8, 4) is 11.4 Å². The van der Waals surface area contributed by atoms with Crippen LogP contribution in [0.2, 0.25) is 0 Å². The monoisotopic (exact) mass is 448 g/mol. The minimum absolute atomic E-state index is 0.197. The number of nitrogens with zero attached hydrogens (tertiary/aromatic N) is 4. The Morgan fingerprint density at radius 2 is 1.97 bits per heavy atom. The lowest BCUT2D eigenvalue weighted by Gasteiger charge is -2.15. The fourth-order valence-electron chi connectivity index (χ4n) is 3.15. The molecule has 1 aliphatic rings. The molecule has 0 unspecified atom stereocenters. The van der Waals surface area contributed by atoms with Gasteiger partial charge in [0, 0.05) is 24.8 Å². The average molecular weight is 449 g/mol. The summed E-state index contributed by atoms with van der Waals surface area (Å²) in [5.41, 5.74) is 1.09. The van der Waals surface area contributed by atoms with E-state index in [4.69, 9.17) is 4.52 Å². The number of rotatable bonds is 6. The number of pyridine rings is 1. The Labute approximate surface area is 178 Å². The average Bonchev–Trinajstić information content (AvgIpc) is 3.43. The van der Waals surface area contributed by atoms with Gasteiger partial charge < -0.3 is 4.52 Å². The van der Waals surface area contributed by atoms with Gasteiger partial charge in [-0.2, -0.15) is 9.29 Å². The van der Waals surface area contributed by atoms with Crippen LogP contribution in [0.3, 0.4) is 0 Å². The summed E-state index contributed by atoms with van der Waals surface area (Å²) < 4.78 is 45.8. The highest BCUT2D eigenvalue weighted by atomic mass is 32.2. The van der Waals surface area contributed by atoms with Gasteiger partial charge in [-0.3, -0.25) is 0 Å². The summed E-state index contributed by atoms with van der Waals surface area (Å²) in [6.45, 7) is 4.68. The molecule has 1 saturated heterocycles. The van der Waals surface area contributed by atoms with E-state index in [1.807, 2.05) is 6.92 Å². The minimum Gasteiger partial charge on any atom is -0.338 e. The molecule has 3 heterocycles. The Morgan fingerprint density at radius 1 is 1.20 bits per heavy atom. The second-order valence-corrected chi connectivity index (χ2v) is 10.4. The van der Waals surface area contributed by atoms with E-state index in [0.717, 1.165) is 12.8 Å². The third-order valence-electron chi connectivity index (χ3n) is 4.93. The van der Waals surface area contributed by atoms with E-state index in [-0.39, 0.29) is 16.0 Å². The summed E-state index contributed by atoms with van der Waals surface area (Å²) in [6, 6.07) is 8.04. The van der Waals surface area contributed by atoms with Gasteiger partial charge in [-0.25, -0.2) is 17.8 Å². The molecule has 1 aromatic carbocycles. The molecule has 3 aromatic rings. The number of sulfonamides is 1. The van der Waals surface area contributed by atoms with E-state index in [1.165, 1.54) is 28.3 Å². The molecule has 2 aromatic heterocycles. The van der Waals surface area contributed by atoms with Crippen molar-refractivity contribution in [3.63, 3.8) is 0 Å². The van der Waals surface area contributed by atoms with Crippen LogP contribution in [0, 0.1) is 12.7 Å². The van der Waals surface area contributed by atoms with Gasteiger partial charge in [0.05, 0.1) is 10.3 Å². The van der Waals surface area contributed by atoms with Gasteiger partial charge in [0.2, 0.25) is 21.7 Å².